The summed E-state index contributed by atoms with van der Waals surface area (Å²) in [6.07, 6.45) is 16.5. The SMILES string of the molecule is C=C/C=C/CC(C=C)C(=O)OC/C=C/CCCC=C. The van der Waals surface area contributed by atoms with Crippen LogP contribution in [-0.2, 0) is 9.53 Å². The van der Waals surface area contributed by atoms with Crippen LogP contribution >= 0.6 is 0 Å². The highest BCUT2D eigenvalue weighted by Crippen LogP contribution is 2.08. The monoisotopic (exact) mass is 260 g/mol. The quantitative estimate of drug-likeness (QED) is 0.238. The second kappa shape index (κ2) is 12.6. The van der Waals surface area contributed by atoms with Crippen molar-refractivity contribution >= 4 is 5.97 Å². The number of hydrogen-bond donors (Lipinski definition) is 0. The van der Waals surface area contributed by atoms with Crippen molar-refractivity contribution in [3.63, 3.8) is 0 Å². The van der Waals surface area contributed by atoms with Crippen LogP contribution in [0.3, 0.4) is 0 Å². The highest BCUT2D eigenvalue weighted by Gasteiger charge is 2.13. The maximum atomic E-state index is 11.7. The van der Waals surface area contributed by atoms with E-state index in [1.165, 1.54) is 0 Å². The van der Waals surface area contributed by atoms with Crippen LogP contribution in [0.4, 0.5) is 0 Å². The molecule has 104 valence electrons. The first-order valence-corrected chi connectivity index (χ1v) is 6.58. The Kier molecular flexibility index (Phi) is 11.4. The molecule has 0 aromatic rings. The number of rotatable bonds is 11. The van der Waals surface area contributed by atoms with Gasteiger partial charge in [0.1, 0.15) is 6.61 Å². The molecule has 0 N–H and O–H groups in total. The third-order valence-electron chi connectivity index (χ3n) is 2.52. The van der Waals surface area contributed by atoms with Crippen molar-refractivity contribution in [3.05, 3.63) is 62.3 Å². The van der Waals surface area contributed by atoms with Gasteiger partial charge in [0.15, 0.2) is 0 Å². The summed E-state index contributed by atoms with van der Waals surface area (Å²) >= 11 is 0. The first kappa shape index (κ1) is 17.2. The van der Waals surface area contributed by atoms with Gasteiger partial charge in [0, 0.05) is 0 Å². The first-order valence-electron chi connectivity index (χ1n) is 6.58. The second-order valence-corrected chi connectivity index (χ2v) is 4.06. The maximum Gasteiger partial charge on any atom is 0.313 e. The van der Waals surface area contributed by atoms with Gasteiger partial charge in [-0.15, -0.1) is 13.2 Å². The van der Waals surface area contributed by atoms with Crippen LogP contribution in [0.15, 0.2) is 62.3 Å². The number of esters is 1. The lowest BCUT2D eigenvalue weighted by Crippen LogP contribution is -2.15. The summed E-state index contributed by atoms with van der Waals surface area (Å²) in [6, 6.07) is 0. The number of unbranched alkanes of at least 4 members (excludes halogenated alkanes) is 2. The van der Waals surface area contributed by atoms with E-state index in [0.717, 1.165) is 19.3 Å². The van der Waals surface area contributed by atoms with Gasteiger partial charge in [-0.25, -0.2) is 0 Å². The van der Waals surface area contributed by atoms with Crippen LogP contribution in [0, 0.1) is 5.92 Å². The van der Waals surface area contributed by atoms with Crippen molar-refractivity contribution in [1.82, 2.24) is 0 Å². The van der Waals surface area contributed by atoms with Gasteiger partial charge in [-0.2, -0.15) is 0 Å². The molecule has 0 amide bonds. The highest BCUT2D eigenvalue weighted by molar-refractivity contribution is 5.74. The van der Waals surface area contributed by atoms with Crippen LogP contribution in [-0.4, -0.2) is 12.6 Å². The molecule has 0 bridgehead atoms. The Hall–Kier alpha value is -1.83. The van der Waals surface area contributed by atoms with Crippen molar-refractivity contribution in [2.45, 2.75) is 25.7 Å². The maximum absolute atomic E-state index is 11.7. The van der Waals surface area contributed by atoms with E-state index in [1.807, 2.05) is 30.4 Å². The standard InChI is InChI=1S/C17H24O2/c1-4-7-9-10-11-13-15-19-17(18)16(6-3)14-12-8-5-2/h4-6,8,11-13,16H,1-3,7,9-10,14-15H2/b12-8+,13-11+. The summed E-state index contributed by atoms with van der Waals surface area (Å²) in [5, 5.41) is 0. The lowest BCUT2D eigenvalue weighted by molar-refractivity contribution is -0.145. The molecule has 1 unspecified atom stereocenters. The Morgan fingerprint density at radius 2 is 1.89 bits per heavy atom. The summed E-state index contributed by atoms with van der Waals surface area (Å²) in [4.78, 5) is 11.7. The van der Waals surface area contributed by atoms with Gasteiger partial charge in [0.2, 0.25) is 0 Å². The van der Waals surface area contributed by atoms with E-state index in [2.05, 4.69) is 19.7 Å². The average molecular weight is 260 g/mol. The molecule has 0 heterocycles. The molecule has 0 aliphatic rings. The molecule has 0 saturated heterocycles. The molecular weight excluding hydrogens is 236 g/mol. The van der Waals surface area contributed by atoms with E-state index < -0.39 is 0 Å². The fourth-order valence-corrected chi connectivity index (χ4v) is 1.41. The minimum Gasteiger partial charge on any atom is -0.461 e. The van der Waals surface area contributed by atoms with Crippen molar-refractivity contribution in [3.8, 4) is 0 Å². The smallest absolute Gasteiger partial charge is 0.313 e. The number of ether oxygens (including phenoxy) is 1. The van der Waals surface area contributed by atoms with Gasteiger partial charge in [-0.1, -0.05) is 49.1 Å². The van der Waals surface area contributed by atoms with Crippen LogP contribution in [0.25, 0.3) is 0 Å². The Morgan fingerprint density at radius 1 is 1.11 bits per heavy atom. The Balaban J connectivity index is 3.87. The Bertz CT molecular complexity index is 337. The van der Waals surface area contributed by atoms with Crippen molar-refractivity contribution in [2.24, 2.45) is 5.92 Å². The highest BCUT2D eigenvalue weighted by atomic mass is 16.5. The molecule has 0 spiro atoms. The summed E-state index contributed by atoms with van der Waals surface area (Å²) < 4.78 is 5.16. The first-order chi connectivity index (χ1) is 9.26. The van der Waals surface area contributed by atoms with E-state index >= 15 is 0 Å². The van der Waals surface area contributed by atoms with Crippen LogP contribution < -0.4 is 0 Å². The van der Waals surface area contributed by atoms with Gasteiger partial charge in [-0.05, 0) is 25.7 Å². The molecule has 1 atom stereocenters. The fraction of sp³-hybridized carbons (Fsp3) is 0.353. The predicted octanol–water partition coefficient (Wildman–Crippen LogP) is 4.38. The third-order valence-corrected chi connectivity index (χ3v) is 2.52. The topological polar surface area (TPSA) is 26.3 Å². The molecule has 0 rings (SSSR count). The molecule has 0 aromatic carbocycles. The van der Waals surface area contributed by atoms with E-state index in [9.17, 15) is 4.79 Å². The molecule has 0 aromatic heterocycles. The minimum atomic E-state index is -0.287. The summed E-state index contributed by atoms with van der Waals surface area (Å²) in [5.74, 6) is -0.523. The van der Waals surface area contributed by atoms with Crippen LogP contribution in [0.2, 0.25) is 0 Å². The number of carbonyl (C=O) groups excluding carboxylic acids is 1. The third kappa shape index (κ3) is 9.83. The minimum absolute atomic E-state index is 0.237. The van der Waals surface area contributed by atoms with Crippen LogP contribution in [0.5, 0.6) is 0 Å². The zero-order chi connectivity index (χ0) is 14.3. The summed E-state index contributed by atoms with van der Waals surface area (Å²) in [5.41, 5.74) is 0. The van der Waals surface area contributed by atoms with Gasteiger partial charge in [0.25, 0.3) is 0 Å². The Labute approximate surface area is 116 Å². The predicted molar refractivity (Wildman–Crippen MR) is 81.8 cm³/mol. The zero-order valence-corrected chi connectivity index (χ0v) is 11.6. The lowest BCUT2D eigenvalue weighted by Gasteiger charge is -2.08. The zero-order valence-electron chi connectivity index (χ0n) is 11.6. The summed E-state index contributed by atoms with van der Waals surface area (Å²) in [7, 11) is 0. The molecule has 0 radical (unpaired) electrons. The number of carbonyl (C=O) groups is 1. The molecular formula is C17H24O2. The van der Waals surface area contributed by atoms with E-state index in [-0.39, 0.29) is 11.9 Å². The second-order valence-electron chi connectivity index (χ2n) is 4.06. The van der Waals surface area contributed by atoms with Gasteiger partial charge < -0.3 is 4.74 Å². The van der Waals surface area contributed by atoms with Gasteiger partial charge in [-0.3, -0.25) is 4.79 Å². The van der Waals surface area contributed by atoms with E-state index in [0.29, 0.717) is 13.0 Å². The van der Waals surface area contributed by atoms with E-state index in [4.69, 9.17) is 4.74 Å². The van der Waals surface area contributed by atoms with Crippen molar-refractivity contribution < 1.29 is 9.53 Å². The largest absolute Gasteiger partial charge is 0.461 e. The molecule has 0 aliphatic carbocycles. The van der Waals surface area contributed by atoms with Crippen LogP contribution in [0.1, 0.15) is 25.7 Å². The summed E-state index contributed by atoms with van der Waals surface area (Å²) in [6.45, 7) is 11.2. The number of hydrogen-bond acceptors (Lipinski definition) is 2. The van der Waals surface area contributed by atoms with Gasteiger partial charge >= 0.3 is 5.97 Å². The molecule has 0 saturated carbocycles. The number of allylic oxidation sites excluding steroid dienone is 5. The Morgan fingerprint density at radius 3 is 2.53 bits per heavy atom. The van der Waals surface area contributed by atoms with Crippen molar-refractivity contribution in [1.29, 1.82) is 0 Å². The molecule has 2 nitrogen and oxygen atoms in total. The van der Waals surface area contributed by atoms with Crippen molar-refractivity contribution in [2.75, 3.05) is 6.61 Å². The molecule has 19 heavy (non-hydrogen) atoms. The lowest BCUT2D eigenvalue weighted by atomic mass is 10.1. The molecule has 2 heteroatoms. The normalized spacial score (nSPS) is 12.4. The fourth-order valence-electron chi connectivity index (χ4n) is 1.41. The molecule has 0 fully saturated rings. The van der Waals surface area contributed by atoms with Gasteiger partial charge in [0.05, 0.1) is 5.92 Å². The van der Waals surface area contributed by atoms with E-state index in [1.54, 1.807) is 12.2 Å². The average Bonchev–Trinajstić information content (AvgIpc) is 2.42. The molecule has 0 aliphatic heterocycles.